The number of fused-ring (bicyclic) bond motifs is 1. The summed E-state index contributed by atoms with van der Waals surface area (Å²) in [5.41, 5.74) is 2.41. The summed E-state index contributed by atoms with van der Waals surface area (Å²) >= 11 is 0. The first kappa shape index (κ1) is 20.2. The summed E-state index contributed by atoms with van der Waals surface area (Å²) in [7, 11) is 0. The predicted molar refractivity (Wildman–Crippen MR) is 118 cm³/mol. The summed E-state index contributed by atoms with van der Waals surface area (Å²) in [6.45, 7) is 1.91. The number of carbonyl (C=O) groups excluding carboxylic acids is 1. The van der Waals surface area contributed by atoms with Gasteiger partial charge in [-0.3, -0.25) is 14.0 Å². The van der Waals surface area contributed by atoms with Gasteiger partial charge in [0.1, 0.15) is 23.8 Å². The normalized spacial score (nSPS) is 10.6. The number of nitrogens with one attached hydrogen (secondary N) is 1. The van der Waals surface area contributed by atoms with Gasteiger partial charge < -0.3 is 14.8 Å². The van der Waals surface area contributed by atoms with Crippen molar-refractivity contribution in [1.29, 1.82) is 0 Å². The van der Waals surface area contributed by atoms with Gasteiger partial charge in [0.05, 0.1) is 11.4 Å². The highest BCUT2D eigenvalue weighted by Crippen LogP contribution is 2.24. The van der Waals surface area contributed by atoms with Crippen LogP contribution in [0.15, 0.2) is 83.8 Å². The van der Waals surface area contributed by atoms with E-state index in [0.717, 1.165) is 5.56 Å². The van der Waals surface area contributed by atoms with E-state index in [4.69, 9.17) is 9.47 Å². The van der Waals surface area contributed by atoms with E-state index in [9.17, 15) is 9.59 Å². The molecule has 7 nitrogen and oxygen atoms in total. The Bertz CT molecular complexity index is 1270. The van der Waals surface area contributed by atoms with Crippen molar-refractivity contribution in [2.45, 2.75) is 13.5 Å². The zero-order valence-electron chi connectivity index (χ0n) is 16.9. The zero-order chi connectivity index (χ0) is 21.6. The van der Waals surface area contributed by atoms with Crippen LogP contribution < -0.4 is 20.3 Å². The van der Waals surface area contributed by atoms with Gasteiger partial charge in [0.25, 0.3) is 11.5 Å². The lowest BCUT2D eigenvalue weighted by atomic mass is 10.3. The number of aryl methyl sites for hydroxylation is 1. The Hall–Kier alpha value is -4.13. The Morgan fingerprint density at radius 3 is 2.61 bits per heavy atom. The van der Waals surface area contributed by atoms with Crippen LogP contribution in [-0.2, 0) is 11.4 Å². The molecule has 1 amide bonds. The molecule has 4 aromatic rings. The maximum atomic E-state index is 12.3. The molecule has 0 aliphatic carbocycles. The minimum atomic E-state index is -0.308. The number of nitrogens with zero attached hydrogens (tertiary/aromatic N) is 2. The second-order valence-corrected chi connectivity index (χ2v) is 6.95. The monoisotopic (exact) mass is 415 g/mol. The lowest BCUT2D eigenvalue weighted by Crippen LogP contribution is -2.20. The van der Waals surface area contributed by atoms with Gasteiger partial charge in [0.2, 0.25) is 0 Å². The Balaban J connectivity index is 1.43. The fourth-order valence-electron chi connectivity index (χ4n) is 3.03. The third kappa shape index (κ3) is 5.08. The van der Waals surface area contributed by atoms with Crippen LogP contribution in [0.2, 0.25) is 0 Å². The van der Waals surface area contributed by atoms with E-state index in [1.165, 1.54) is 10.5 Å². The molecule has 0 saturated carbocycles. The average Bonchev–Trinajstić information content (AvgIpc) is 2.77. The topological polar surface area (TPSA) is 81.9 Å². The van der Waals surface area contributed by atoms with Crippen LogP contribution in [0.25, 0.3) is 5.65 Å². The summed E-state index contributed by atoms with van der Waals surface area (Å²) in [4.78, 5) is 29.1. The number of carbonyl (C=O) groups is 1. The number of amides is 1. The van der Waals surface area contributed by atoms with Gasteiger partial charge in [-0.05, 0) is 48.9 Å². The van der Waals surface area contributed by atoms with Gasteiger partial charge in [0.15, 0.2) is 6.61 Å². The Morgan fingerprint density at radius 2 is 1.77 bits per heavy atom. The largest absolute Gasteiger partial charge is 0.485 e. The van der Waals surface area contributed by atoms with Crippen LogP contribution in [0.5, 0.6) is 11.5 Å². The molecule has 0 fully saturated rings. The van der Waals surface area contributed by atoms with E-state index in [2.05, 4.69) is 10.3 Å². The summed E-state index contributed by atoms with van der Waals surface area (Å²) in [5, 5.41) is 2.79. The zero-order valence-corrected chi connectivity index (χ0v) is 16.9. The number of pyridine rings is 1. The summed E-state index contributed by atoms with van der Waals surface area (Å²) < 4.78 is 12.8. The van der Waals surface area contributed by atoms with Crippen LogP contribution in [0.4, 0.5) is 5.69 Å². The molecule has 2 heterocycles. The maximum absolute atomic E-state index is 12.3. The summed E-state index contributed by atoms with van der Waals surface area (Å²) in [6, 6.07) is 21.3. The highest BCUT2D eigenvalue weighted by Gasteiger charge is 2.10. The summed E-state index contributed by atoms with van der Waals surface area (Å²) in [5.74, 6) is 0.783. The molecular formula is C24H21N3O4. The van der Waals surface area contributed by atoms with E-state index < -0.39 is 0 Å². The molecular weight excluding hydrogens is 394 g/mol. The molecule has 0 spiro atoms. The SMILES string of the molecule is Cc1ccn2c(=O)cc(COc3ccccc3NC(=O)COc3ccccc3)nc2c1. The molecule has 0 atom stereocenters. The third-order valence-corrected chi connectivity index (χ3v) is 4.53. The van der Waals surface area contributed by atoms with Crippen molar-refractivity contribution < 1.29 is 14.3 Å². The molecule has 7 heteroatoms. The smallest absolute Gasteiger partial charge is 0.262 e. The molecule has 0 radical (unpaired) electrons. The molecule has 1 N–H and O–H groups in total. The van der Waals surface area contributed by atoms with Gasteiger partial charge in [-0.15, -0.1) is 0 Å². The summed E-state index contributed by atoms with van der Waals surface area (Å²) in [6.07, 6.45) is 1.70. The number of hydrogen-bond acceptors (Lipinski definition) is 5. The van der Waals surface area contributed by atoms with Crippen LogP contribution in [0, 0.1) is 6.92 Å². The standard InChI is InChI=1S/C24H21N3O4/c1-17-11-12-27-22(13-17)25-18(14-24(27)29)15-31-21-10-6-5-9-20(21)26-23(28)16-30-19-7-3-2-4-8-19/h2-14H,15-16H2,1H3,(H,26,28). The van der Waals surface area contributed by atoms with Crippen LogP contribution in [-0.4, -0.2) is 21.9 Å². The van der Waals surface area contributed by atoms with Gasteiger partial charge in [0, 0.05) is 12.3 Å². The second kappa shape index (κ2) is 9.13. The molecule has 0 bridgehead atoms. The fourth-order valence-corrected chi connectivity index (χ4v) is 3.03. The molecule has 0 aliphatic heterocycles. The van der Waals surface area contributed by atoms with E-state index in [1.54, 1.807) is 42.6 Å². The van der Waals surface area contributed by atoms with Crippen molar-refractivity contribution in [3.8, 4) is 11.5 Å². The highest BCUT2D eigenvalue weighted by molar-refractivity contribution is 5.93. The van der Waals surface area contributed by atoms with Crippen molar-refractivity contribution in [3.05, 3.63) is 101 Å². The molecule has 156 valence electrons. The van der Waals surface area contributed by atoms with Crippen molar-refractivity contribution in [2.75, 3.05) is 11.9 Å². The van der Waals surface area contributed by atoms with Crippen molar-refractivity contribution >= 4 is 17.2 Å². The van der Waals surface area contributed by atoms with Gasteiger partial charge >= 0.3 is 0 Å². The number of benzene rings is 2. The number of ether oxygens (including phenoxy) is 2. The van der Waals surface area contributed by atoms with E-state index >= 15 is 0 Å². The number of rotatable bonds is 7. The van der Waals surface area contributed by atoms with Crippen molar-refractivity contribution in [2.24, 2.45) is 0 Å². The van der Waals surface area contributed by atoms with E-state index in [-0.39, 0.29) is 24.7 Å². The molecule has 0 unspecified atom stereocenters. The molecule has 4 rings (SSSR count). The average molecular weight is 415 g/mol. The van der Waals surface area contributed by atoms with Crippen LogP contribution in [0.1, 0.15) is 11.3 Å². The minimum Gasteiger partial charge on any atom is -0.485 e. The molecule has 31 heavy (non-hydrogen) atoms. The van der Waals surface area contributed by atoms with Gasteiger partial charge in [-0.2, -0.15) is 0 Å². The number of para-hydroxylation sites is 3. The predicted octanol–water partition coefficient (Wildman–Crippen LogP) is 3.60. The quantitative estimate of drug-likeness (QED) is 0.499. The first-order valence-corrected chi connectivity index (χ1v) is 9.77. The fraction of sp³-hybridized carbons (Fsp3) is 0.125. The van der Waals surface area contributed by atoms with Crippen molar-refractivity contribution in [1.82, 2.24) is 9.38 Å². The maximum Gasteiger partial charge on any atom is 0.262 e. The first-order chi connectivity index (χ1) is 15.1. The Morgan fingerprint density at radius 1 is 1.00 bits per heavy atom. The van der Waals surface area contributed by atoms with Crippen molar-refractivity contribution in [3.63, 3.8) is 0 Å². The minimum absolute atomic E-state index is 0.0904. The first-order valence-electron chi connectivity index (χ1n) is 9.77. The van der Waals surface area contributed by atoms with Gasteiger partial charge in [-0.1, -0.05) is 30.3 Å². The van der Waals surface area contributed by atoms with Crippen LogP contribution in [0.3, 0.4) is 0 Å². The molecule has 2 aromatic carbocycles. The van der Waals surface area contributed by atoms with Gasteiger partial charge in [-0.25, -0.2) is 4.98 Å². The second-order valence-electron chi connectivity index (χ2n) is 6.95. The highest BCUT2D eigenvalue weighted by atomic mass is 16.5. The molecule has 0 saturated heterocycles. The molecule has 2 aromatic heterocycles. The lowest BCUT2D eigenvalue weighted by molar-refractivity contribution is -0.118. The van der Waals surface area contributed by atoms with E-state index in [0.29, 0.717) is 28.5 Å². The number of hydrogen-bond donors (Lipinski definition) is 1. The number of anilines is 1. The van der Waals surface area contributed by atoms with E-state index in [1.807, 2.05) is 37.3 Å². The lowest BCUT2D eigenvalue weighted by Gasteiger charge is -2.13. The third-order valence-electron chi connectivity index (χ3n) is 4.53. The number of aromatic nitrogens is 2. The Kier molecular flexibility index (Phi) is 5.93. The Labute approximate surface area is 178 Å². The van der Waals surface area contributed by atoms with Crippen LogP contribution >= 0.6 is 0 Å². The molecule has 0 aliphatic rings.